The molecule has 0 aliphatic carbocycles. The van der Waals surface area contributed by atoms with E-state index in [9.17, 15) is 4.79 Å². The lowest BCUT2D eigenvalue weighted by atomic mass is 10.0. The van der Waals surface area contributed by atoms with Crippen LogP contribution in [0, 0.1) is 5.92 Å². The van der Waals surface area contributed by atoms with Crippen LogP contribution in [0.3, 0.4) is 0 Å². The van der Waals surface area contributed by atoms with Crippen molar-refractivity contribution in [3.05, 3.63) is 42.1 Å². The molecule has 1 atom stereocenters. The quantitative estimate of drug-likeness (QED) is 0.937. The molecule has 0 radical (unpaired) electrons. The normalized spacial score (nSPS) is 18.2. The van der Waals surface area contributed by atoms with E-state index >= 15 is 0 Å². The molecule has 3 heterocycles. The number of piperidine rings is 1. The van der Waals surface area contributed by atoms with E-state index in [0.717, 1.165) is 19.5 Å². The number of carbonyl (C=O) groups excluding carboxylic acids is 1. The van der Waals surface area contributed by atoms with E-state index < -0.39 is 0 Å². The zero-order valence-electron chi connectivity index (χ0n) is 12.7. The summed E-state index contributed by atoms with van der Waals surface area (Å²) in [6, 6.07) is 5.25. The van der Waals surface area contributed by atoms with Gasteiger partial charge < -0.3 is 14.6 Å². The van der Waals surface area contributed by atoms with Gasteiger partial charge in [0.1, 0.15) is 11.5 Å². The zero-order valence-corrected chi connectivity index (χ0v) is 12.7. The van der Waals surface area contributed by atoms with Crippen LogP contribution in [0.1, 0.15) is 36.0 Å². The molecule has 6 nitrogen and oxygen atoms in total. The molecular weight excluding hydrogens is 280 g/mol. The minimum Gasteiger partial charge on any atom is -0.467 e. The number of carbonyl (C=O) groups is 1. The van der Waals surface area contributed by atoms with Crippen molar-refractivity contribution in [1.29, 1.82) is 0 Å². The molecule has 1 amide bonds. The molecule has 0 aromatic carbocycles. The van der Waals surface area contributed by atoms with Crippen LogP contribution in [0.25, 0.3) is 0 Å². The summed E-state index contributed by atoms with van der Waals surface area (Å²) in [5.74, 6) is 1.77. The van der Waals surface area contributed by atoms with E-state index in [2.05, 4.69) is 27.1 Å². The second kappa shape index (κ2) is 6.60. The van der Waals surface area contributed by atoms with Gasteiger partial charge in [-0.2, -0.15) is 0 Å². The summed E-state index contributed by atoms with van der Waals surface area (Å²) in [6.07, 6.45) is 5.60. The number of hydrogen-bond acceptors (Lipinski definition) is 5. The number of aromatic nitrogens is 2. The van der Waals surface area contributed by atoms with Gasteiger partial charge in [-0.1, -0.05) is 6.92 Å². The van der Waals surface area contributed by atoms with Crippen LogP contribution in [0.4, 0.5) is 5.95 Å². The Morgan fingerprint density at radius 2 is 2.41 bits per heavy atom. The summed E-state index contributed by atoms with van der Waals surface area (Å²) in [5.41, 5.74) is 0.384. The molecule has 3 rings (SSSR count). The Morgan fingerprint density at radius 3 is 3.18 bits per heavy atom. The van der Waals surface area contributed by atoms with Crippen molar-refractivity contribution in [3.63, 3.8) is 0 Å². The Bertz CT molecular complexity index is 627. The first-order chi connectivity index (χ1) is 10.7. The molecule has 2 aromatic heterocycles. The Kier molecular flexibility index (Phi) is 4.37. The van der Waals surface area contributed by atoms with Crippen molar-refractivity contribution in [3.8, 4) is 0 Å². The van der Waals surface area contributed by atoms with E-state index in [1.165, 1.54) is 6.42 Å². The van der Waals surface area contributed by atoms with Crippen molar-refractivity contribution >= 4 is 11.9 Å². The zero-order chi connectivity index (χ0) is 15.4. The summed E-state index contributed by atoms with van der Waals surface area (Å²) in [6.45, 7) is 4.47. The van der Waals surface area contributed by atoms with Crippen molar-refractivity contribution in [2.45, 2.75) is 26.3 Å². The molecule has 0 saturated carbocycles. The number of nitrogens with one attached hydrogen (secondary N) is 1. The van der Waals surface area contributed by atoms with Gasteiger partial charge in [-0.05, 0) is 37.0 Å². The monoisotopic (exact) mass is 300 g/mol. The maximum absolute atomic E-state index is 12.2. The predicted octanol–water partition coefficient (Wildman–Crippen LogP) is 2.24. The van der Waals surface area contributed by atoms with Gasteiger partial charge in [0.25, 0.3) is 5.91 Å². The number of nitrogens with zero attached hydrogens (tertiary/aromatic N) is 3. The summed E-state index contributed by atoms with van der Waals surface area (Å²) in [7, 11) is 0. The van der Waals surface area contributed by atoms with Gasteiger partial charge in [0.15, 0.2) is 0 Å². The number of anilines is 1. The average molecular weight is 300 g/mol. The van der Waals surface area contributed by atoms with E-state index in [1.807, 2.05) is 6.07 Å². The number of amides is 1. The SMILES string of the molecule is CC1CCCN(c2nccc(C(=O)NCc3ccco3)n2)C1. The molecule has 0 spiro atoms. The third kappa shape index (κ3) is 3.44. The van der Waals surface area contributed by atoms with Gasteiger partial charge in [0, 0.05) is 19.3 Å². The third-order valence-corrected chi connectivity index (χ3v) is 3.82. The Balaban J connectivity index is 1.66. The summed E-state index contributed by atoms with van der Waals surface area (Å²) in [5, 5.41) is 2.80. The highest BCUT2D eigenvalue weighted by molar-refractivity contribution is 5.92. The highest BCUT2D eigenvalue weighted by atomic mass is 16.3. The molecule has 1 N–H and O–H groups in total. The van der Waals surface area contributed by atoms with E-state index in [0.29, 0.717) is 29.9 Å². The second-order valence-corrected chi connectivity index (χ2v) is 5.70. The Hall–Kier alpha value is -2.37. The second-order valence-electron chi connectivity index (χ2n) is 5.70. The maximum Gasteiger partial charge on any atom is 0.270 e. The van der Waals surface area contributed by atoms with E-state index in [-0.39, 0.29) is 5.91 Å². The van der Waals surface area contributed by atoms with Gasteiger partial charge in [0.05, 0.1) is 12.8 Å². The third-order valence-electron chi connectivity index (χ3n) is 3.82. The largest absolute Gasteiger partial charge is 0.467 e. The highest BCUT2D eigenvalue weighted by Crippen LogP contribution is 2.19. The number of hydrogen-bond donors (Lipinski definition) is 1. The molecule has 0 bridgehead atoms. The molecule has 22 heavy (non-hydrogen) atoms. The average Bonchev–Trinajstić information content (AvgIpc) is 3.06. The van der Waals surface area contributed by atoms with Crippen LogP contribution in [0.2, 0.25) is 0 Å². The smallest absolute Gasteiger partial charge is 0.270 e. The molecule has 6 heteroatoms. The van der Waals surface area contributed by atoms with Crippen molar-refractivity contribution in [2.24, 2.45) is 5.92 Å². The van der Waals surface area contributed by atoms with Gasteiger partial charge >= 0.3 is 0 Å². The van der Waals surface area contributed by atoms with Crippen LogP contribution < -0.4 is 10.2 Å². The van der Waals surface area contributed by atoms with Crippen molar-refractivity contribution in [1.82, 2.24) is 15.3 Å². The van der Waals surface area contributed by atoms with Gasteiger partial charge in [0.2, 0.25) is 5.95 Å². The molecule has 1 aliphatic rings. The molecule has 1 saturated heterocycles. The van der Waals surface area contributed by atoms with Crippen molar-refractivity contribution in [2.75, 3.05) is 18.0 Å². The molecule has 1 fully saturated rings. The first-order valence-electron chi connectivity index (χ1n) is 7.61. The highest BCUT2D eigenvalue weighted by Gasteiger charge is 2.19. The molecule has 1 unspecified atom stereocenters. The topological polar surface area (TPSA) is 71.3 Å². The number of rotatable bonds is 4. The molecule has 116 valence electrons. The van der Waals surface area contributed by atoms with Crippen LogP contribution in [-0.4, -0.2) is 29.0 Å². The maximum atomic E-state index is 12.2. The fraction of sp³-hybridized carbons (Fsp3) is 0.438. The summed E-state index contributed by atoms with van der Waals surface area (Å²) in [4.78, 5) is 23.0. The van der Waals surface area contributed by atoms with E-state index in [4.69, 9.17) is 4.42 Å². The lowest BCUT2D eigenvalue weighted by Gasteiger charge is -2.30. The summed E-state index contributed by atoms with van der Waals surface area (Å²) >= 11 is 0. The fourth-order valence-electron chi connectivity index (χ4n) is 2.67. The Morgan fingerprint density at radius 1 is 1.50 bits per heavy atom. The molecular formula is C16H20N4O2. The van der Waals surface area contributed by atoms with Gasteiger partial charge in [-0.25, -0.2) is 9.97 Å². The fourth-order valence-corrected chi connectivity index (χ4v) is 2.67. The minimum absolute atomic E-state index is 0.217. The lowest BCUT2D eigenvalue weighted by molar-refractivity contribution is 0.0943. The van der Waals surface area contributed by atoms with Gasteiger partial charge in [-0.3, -0.25) is 4.79 Å². The minimum atomic E-state index is -0.217. The predicted molar refractivity (Wildman–Crippen MR) is 82.5 cm³/mol. The van der Waals surface area contributed by atoms with E-state index in [1.54, 1.807) is 24.6 Å². The summed E-state index contributed by atoms with van der Waals surface area (Å²) < 4.78 is 5.19. The van der Waals surface area contributed by atoms with Crippen molar-refractivity contribution < 1.29 is 9.21 Å². The van der Waals surface area contributed by atoms with Crippen LogP contribution in [0.5, 0.6) is 0 Å². The van der Waals surface area contributed by atoms with Gasteiger partial charge in [-0.15, -0.1) is 0 Å². The number of furan rings is 1. The van der Waals surface area contributed by atoms with Crippen LogP contribution in [0.15, 0.2) is 35.1 Å². The molecule has 2 aromatic rings. The van der Waals surface area contributed by atoms with Crippen LogP contribution in [-0.2, 0) is 6.54 Å². The van der Waals surface area contributed by atoms with Crippen LogP contribution >= 0.6 is 0 Å². The lowest BCUT2D eigenvalue weighted by Crippen LogP contribution is -2.36. The Labute approximate surface area is 129 Å². The molecule has 1 aliphatic heterocycles. The first-order valence-corrected chi connectivity index (χ1v) is 7.61. The first kappa shape index (κ1) is 14.6. The standard InChI is InChI=1S/C16H20N4O2/c1-12-4-2-8-20(11-12)16-17-7-6-14(19-16)15(21)18-10-13-5-3-9-22-13/h3,5-7,9,12H,2,4,8,10-11H2,1H3,(H,18,21).